The average molecular weight is 254 g/mol. The molecule has 0 radical (unpaired) electrons. The van der Waals surface area contributed by atoms with Gasteiger partial charge >= 0.3 is 0 Å². The maximum Gasteiger partial charge on any atom is 0.135 e. The molecule has 0 bridgehead atoms. The van der Waals surface area contributed by atoms with Crippen LogP contribution in [0.2, 0.25) is 0 Å². The van der Waals surface area contributed by atoms with E-state index in [1.54, 1.807) is 6.92 Å². The number of allylic oxidation sites excluding steroid dienone is 1. The Kier molecular flexibility index (Phi) is 12.6. The van der Waals surface area contributed by atoms with Crippen LogP contribution >= 0.6 is 0 Å². The van der Waals surface area contributed by atoms with Gasteiger partial charge in [0.2, 0.25) is 0 Å². The van der Waals surface area contributed by atoms with E-state index in [9.17, 15) is 4.79 Å². The van der Waals surface area contributed by atoms with Crippen molar-refractivity contribution in [1.82, 2.24) is 0 Å². The lowest BCUT2D eigenvalue weighted by molar-refractivity contribution is -0.125. The van der Waals surface area contributed by atoms with Crippen molar-refractivity contribution >= 4 is 5.78 Å². The Bertz CT molecular complexity index is 222. The molecule has 1 saturated carbocycles. The Balaban J connectivity index is 0. The fourth-order valence-corrected chi connectivity index (χ4v) is 1.99. The van der Waals surface area contributed by atoms with Crippen LogP contribution in [0.5, 0.6) is 0 Å². The van der Waals surface area contributed by atoms with Gasteiger partial charge in [-0.15, -0.1) is 6.58 Å². The maximum atomic E-state index is 11.0. The molecule has 0 unspecified atom stereocenters. The second-order valence-corrected chi connectivity index (χ2v) is 5.38. The molecule has 1 nitrogen and oxygen atoms in total. The summed E-state index contributed by atoms with van der Waals surface area (Å²) in [5, 5.41) is 0. The van der Waals surface area contributed by atoms with Gasteiger partial charge in [0.05, 0.1) is 0 Å². The zero-order valence-corrected chi connectivity index (χ0v) is 13.6. The predicted molar refractivity (Wildman–Crippen MR) is 82.9 cm³/mol. The van der Waals surface area contributed by atoms with Crippen LogP contribution in [0.25, 0.3) is 0 Å². The Morgan fingerprint density at radius 2 is 1.61 bits per heavy atom. The molecule has 1 fully saturated rings. The first-order chi connectivity index (χ1) is 8.42. The van der Waals surface area contributed by atoms with Gasteiger partial charge in [-0.2, -0.15) is 0 Å². The molecule has 0 amide bonds. The number of carbonyl (C=O) groups is 1. The van der Waals surface area contributed by atoms with Gasteiger partial charge in [-0.1, -0.05) is 52.5 Å². The van der Waals surface area contributed by atoms with Crippen molar-refractivity contribution in [2.45, 2.75) is 86.5 Å². The van der Waals surface area contributed by atoms with Crippen LogP contribution in [-0.2, 0) is 4.79 Å². The van der Waals surface area contributed by atoms with Crippen molar-refractivity contribution in [3.05, 3.63) is 12.2 Å². The van der Waals surface area contributed by atoms with Crippen LogP contribution < -0.4 is 0 Å². The summed E-state index contributed by atoms with van der Waals surface area (Å²) in [6.45, 7) is 15.9. The monoisotopic (exact) mass is 254 g/mol. The summed E-state index contributed by atoms with van der Waals surface area (Å²) < 4.78 is 0. The lowest BCUT2D eigenvalue weighted by Crippen LogP contribution is -2.20. The number of hydrogen-bond acceptors (Lipinski definition) is 1. The third-order valence-corrected chi connectivity index (χ3v) is 3.51. The quantitative estimate of drug-likeness (QED) is 0.568. The molecule has 0 aromatic rings. The standard InChI is InChI=1S/C8H14O.C7H14.C2H6/c1-7(9)8(2)5-3-4-6-8;1-4-5-6-7(2)3;1-2/h3-6H2,1-2H3;2,4-6H2,1,3H3;1-2H3. The highest BCUT2D eigenvalue weighted by atomic mass is 16.1. The Labute approximate surface area is 115 Å². The topological polar surface area (TPSA) is 17.1 Å². The van der Waals surface area contributed by atoms with Gasteiger partial charge in [0.25, 0.3) is 0 Å². The lowest BCUT2D eigenvalue weighted by atomic mass is 9.85. The van der Waals surface area contributed by atoms with Gasteiger partial charge in [-0.25, -0.2) is 0 Å². The molecule has 1 aliphatic rings. The van der Waals surface area contributed by atoms with Gasteiger partial charge in [0, 0.05) is 5.41 Å². The second kappa shape index (κ2) is 11.5. The minimum atomic E-state index is 0.0556. The molecular formula is C17H34O. The summed E-state index contributed by atoms with van der Waals surface area (Å²) in [5.74, 6) is 0.375. The van der Waals surface area contributed by atoms with E-state index in [0.717, 1.165) is 12.8 Å². The molecule has 1 heteroatoms. The van der Waals surface area contributed by atoms with Gasteiger partial charge < -0.3 is 0 Å². The first kappa shape index (κ1) is 19.7. The molecule has 1 rings (SSSR count). The summed E-state index contributed by atoms with van der Waals surface area (Å²) >= 11 is 0. The van der Waals surface area contributed by atoms with Crippen molar-refractivity contribution < 1.29 is 4.79 Å². The van der Waals surface area contributed by atoms with E-state index in [4.69, 9.17) is 0 Å². The van der Waals surface area contributed by atoms with E-state index in [-0.39, 0.29) is 5.41 Å². The molecule has 1 aliphatic carbocycles. The van der Waals surface area contributed by atoms with E-state index in [1.165, 1.54) is 37.7 Å². The lowest BCUT2D eigenvalue weighted by Gasteiger charge is -2.18. The minimum Gasteiger partial charge on any atom is -0.299 e. The molecule has 0 spiro atoms. The Morgan fingerprint density at radius 1 is 1.17 bits per heavy atom. The molecular weight excluding hydrogens is 220 g/mol. The highest BCUT2D eigenvalue weighted by molar-refractivity contribution is 5.82. The third-order valence-electron chi connectivity index (χ3n) is 3.51. The minimum absolute atomic E-state index is 0.0556. The van der Waals surface area contributed by atoms with Crippen molar-refractivity contribution in [2.24, 2.45) is 5.41 Å². The highest BCUT2D eigenvalue weighted by Crippen LogP contribution is 2.37. The highest BCUT2D eigenvalue weighted by Gasteiger charge is 2.32. The van der Waals surface area contributed by atoms with Gasteiger partial charge in [0.1, 0.15) is 5.78 Å². The van der Waals surface area contributed by atoms with E-state index in [0.29, 0.717) is 5.78 Å². The van der Waals surface area contributed by atoms with Gasteiger partial charge in [0.15, 0.2) is 0 Å². The van der Waals surface area contributed by atoms with E-state index < -0.39 is 0 Å². The van der Waals surface area contributed by atoms with Crippen LogP contribution in [0.4, 0.5) is 0 Å². The summed E-state index contributed by atoms with van der Waals surface area (Å²) in [4.78, 5) is 11.0. The zero-order chi connectivity index (χ0) is 14.6. The van der Waals surface area contributed by atoms with Crippen LogP contribution in [0, 0.1) is 5.41 Å². The Morgan fingerprint density at radius 3 is 1.78 bits per heavy atom. The fraction of sp³-hybridized carbons (Fsp3) is 0.824. The predicted octanol–water partition coefficient (Wildman–Crippen LogP) is 5.93. The SMILES string of the molecule is C=C(C)CCCC.CC.CC(=O)C1(C)CCCC1. The van der Waals surface area contributed by atoms with Gasteiger partial charge in [-0.3, -0.25) is 4.79 Å². The number of ketones is 1. The maximum absolute atomic E-state index is 11.0. The summed E-state index contributed by atoms with van der Waals surface area (Å²) in [6, 6.07) is 0. The molecule has 0 N–H and O–H groups in total. The van der Waals surface area contributed by atoms with Crippen molar-refractivity contribution in [3.63, 3.8) is 0 Å². The number of rotatable bonds is 4. The summed E-state index contributed by atoms with van der Waals surface area (Å²) in [6.07, 6.45) is 8.51. The molecule has 0 heterocycles. The molecule has 18 heavy (non-hydrogen) atoms. The molecule has 0 atom stereocenters. The molecule has 0 saturated heterocycles. The van der Waals surface area contributed by atoms with Crippen LogP contribution in [0.1, 0.15) is 86.5 Å². The number of hydrogen-bond donors (Lipinski definition) is 0. The summed E-state index contributed by atoms with van der Waals surface area (Å²) in [5.41, 5.74) is 1.36. The molecule has 0 aliphatic heterocycles. The van der Waals surface area contributed by atoms with Crippen LogP contribution in [0.15, 0.2) is 12.2 Å². The smallest absolute Gasteiger partial charge is 0.135 e. The van der Waals surface area contributed by atoms with E-state index in [1.807, 2.05) is 13.8 Å². The number of carbonyl (C=O) groups excluding carboxylic acids is 1. The molecule has 0 aromatic carbocycles. The van der Waals surface area contributed by atoms with Crippen LogP contribution in [-0.4, -0.2) is 5.78 Å². The Hall–Kier alpha value is -0.590. The second-order valence-electron chi connectivity index (χ2n) is 5.38. The molecule has 108 valence electrons. The number of Topliss-reactive ketones (excluding diaryl/α,β-unsaturated/α-hetero) is 1. The first-order valence-electron chi connectivity index (χ1n) is 7.58. The van der Waals surface area contributed by atoms with E-state index in [2.05, 4.69) is 27.4 Å². The largest absolute Gasteiger partial charge is 0.299 e. The van der Waals surface area contributed by atoms with E-state index >= 15 is 0 Å². The average Bonchev–Trinajstić information content (AvgIpc) is 2.78. The van der Waals surface area contributed by atoms with Crippen molar-refractivity contribution in [2.75, 3.05) is 0 Å². The fourth-order valence-electron chi connectivity index (χ4n) is 1.99. The van der Waals surface area contributed by atoms with Crippen LogP contribution in [0.3, 0.4) is 0 Å². The summed E-state index contributed by atoms with van der Waals surface area (Å²) in [7, 11) is 0. The first-order valence-corrected chi connectivity index (χ1v) is 7.58. The third kappa shape index (κ3) is 9.44. The molecule has 0 aromatic heterocycles. The van der Waals surface area contributed by atoms with Crippen molar-refractivity contribution in [1.29, 1.82) is 0 Å². The van der Waals surface area contributed by atoms with Gasteiger partial charge in [-0.05, 0) is 39.5 Å². The number of unbranched alkanes of at least 4 members (excludes halogenated alkanes) is 1. The zero-order valence-electron chi connectivity index (χ0n) is 13.6. The van der Waals surface area contributed by atoms with Crippen molar-refractivity contribution in [3.8, 4) is 0 Å². The normalized spacial score (nSPS) is 15.9.